The lowest BCUT2D eigenvalue weighted by Crippen LogP contribution is -2.39. The van der Waals surface area contributed by atoms with Gasteiger partial charge in [-0.3, -0.25) is 9.59 Å². The molecule has 0 bridgehead atoms. The van der Waals surface area contributed by atoms with Crippen molar-refractivity contribution in [2.45, 2.75) is 20.0 Å². The van der Waals surface area contributed by atoms with Crippen LogP contribution in [0.2, 0.25) is 0 Å². The van der Waals surface area contributed by atoms with Gasteiger partial charge < -0.3 is 15.0 Å². The highest BCUT2D eigenvalue weighted by Gasteiger charge is 2.26. The van der Waals surface area contributed by atoms with Gasteiger partial charge in [0.1, 0.15) is 0 Å². The van der Waals surface area contributed by atoms with Gasteiger partial charge in [-0.15, -0.1) is 0 Å². The first kappa shape index (κ1) is 25.5. The predicted octanol–water partition coefficient (Wildman–Crippen LogP) is 6.05. The topological polar surface area (TPSA) is 58.6 Å². The summed E-state index contributed by atoms with van der Waals surface area (Å²) >= 11 is 0. The van der Waals surface area contributed by atoms with Crippen LogP contribution in [0.4, 0.5) is 0 Å². The van der Waals surface area contributed by atoms with Crippen molar-refractivity contribution in [3.63, 3.8) is 0 Å². The Morgan fingerprint density at radius 2 is 1.08 bits per heavy atom. The molecule has 0 atom stereocenters. The average molecular weight is 491 g/mol. The fourth-order valence-electron chi connectivity index (χ4n) is 3.98. The smallest absolute Gasteiger partial charge is 0.274 e. The minimum absolute atomic E-state index is 0.105. The fourth-order valence-corrected chi connectivity index (χ4v) is 3.98. The Hall–Kier alpha value is -4.64. The van der Waals surface area contributed by atoms with Gasteiger partial charge in [-0.1, -0.05) is 109 Å². The summed E-state index contributed by atoms with van der Waals surface area (Å²) < 4.78 is 6.02. The number of nitrogens with one attached hydrogen (secondary N) is 1. The molecule has 0 aliphatic rings. The zero-order chi connectivity index (χ0) is 25.9. The number of carbonyl (C=O) groups is 2. The molecule has 0 aliphatic carbocycles. The van der Waals surface area contributed by atoms with E-state index in [4.69, 9.17) is 4.74 Å². The van der Waals surface area contributed by atoms with Gasteiger partial charge in [-0.25, -0.2) is 0 Å². The molecule has 0 heterocycles. The standard InChI is InChI=1S/C32H30N2O3/c1-2-37-30(27-19-11-5-12-20-27)29(33-31(35)28-21-13-6-14-22-28)32(36)34(23-25-15-7-3-8-16-25)24-26-17-9-4-10-18-26/h3-22H,2,23-24H2,1H3,(H,33,35)/b30-29+. The van der Waals surface area contributed by atoms with E-state index in [9.17, 15) is 9.59 Å². The van der Waals surface area contributed by atoms with Crippen LogP contribution in [-0.4, -0.2) is 23.3 Å². The molecule has 0 saturated carbocycles. The van der Waals surface area contributed by atoms with Crippen molar-refractivity contribution in [1.82, 2.24) is 10.2 Å². The maximum atomic E-state index is 14.3. The van der Waals surface area contributed by atoms with Gasteiger partial charge >= 0.3 is 0 Å². The summed E-state index contributed by atoms with van der Waals surface area (Å²) in [5.74, 6) is -0.371. The molecule has 5 heteroatoms. The van der Waals surface area contributed by atoms with Crippen molar-refractivity contribution in [2.24, 2.45) is 0 Å². The maximum absolute atomic E-state index is 14.3. The summed E-state index contributed by atoms with van der Waals surface area (Å²) in [5.41, 5.74) is 3.24. The second kappa shape index (κ2) is 12.9. The van der Waals surface area contributed by atoms with Crippen molar-refractivity contribution in [1.29, 1.82) is 0 Å². The molecular formula is C32H30N2O3. The summed E-state index contributed by atoms with van der Waals surface area (Å²) in [6, 6.07) is 37.9. The van der Waals surface area contributed by atoms with Crippen LogP contribution < -0.4 is 5.32 Å². The molecule has 37 heavy (non-hydrogen) atoms. The van der Waals surface area contributed by atoms with E-state index in [1.807, 2.05) is 104 Å². The predicted molar refractivity (Wildman–Crippen MR) is 146 cm³/mol. The van der Waals surface area contributed by atoms with Gasteiger partial charge in [0.2, 0.25) is 0 Å². The summed E-state index contributed by atoms with van der Waals surface area (Å²) in [5, 5.41) is 2.89. The second-order valence-electron chi connectivity index (χ2n) is 8.46. The number of amides is 2. The molecule has 4 rings (SSSR count). The van der Waals surface area contributed by atoms with Crippen molar-refractivity contribution in [3.05, 3.63) is 149 Å². The molecule has 0 saturated heterocycles. The molecule has 0 aromatic heterocycles. The van der Waals surface area contributed by atoms with E-state index in [1.54, 1.807) is 29.2 Å². The number of rotatable bonds is 10. The van der Waals surface area contributed by atoms with E-state index in [0.29, 0.717) is 36.6 Å². The Kier molecular flexibility index (Phi) is 8.87. The van der Waals surface area contributed by atoms with Crippen LogP contribution in [0.15, 0.2) is 127 Å². The highest BCUT2D eigenvalue weighted by Crippen LogP contribution is 2.23. The number of hydrogen-bond acceptors (Lipinski definition) is 3. The number of benzene rings is 4. The number of hydrogen-bond donors (Lipinski definition) is 1. The van der Waals surface area contributed by atoms with E-state index < -0.39 is 0 Å². The van der Waals surface area contributed by atoms with Crippen LogP contribution in [0.1, 0.15) is 34.0 Å². The monoisotopic (exact) mass is 490 g/mol. The van der Waals surface area contributed by atoms with E-state index in [0.717, 1.165) is 11.1 Å². The molecular weight excluding hydrogens is 460 g/mol. The zero-order valence-corrected chi connectivity index (χ0v) is 20.8. The molecule has 0 fully saturated rings. The summed E-state index contributed by atoms with van der Waals surface area (Å²) in [7, 11) is 0. The van der Waals surface area contributed by atoms with Crippen molar-refractivity contribution >= 4 is 17.6 Å². The first-order chi connectivity index (χ1) is 18.2. The molecule has 0 aliphatic heterocycles. The molecule has 0 radical (unpaired) electrons. The third-order valence-electron chi connectivity index (χ3n) is 5.76. The summed E-state index contributed by atoms with van der Waals surface area (Å²) in [6.45, 7) is 2.93. The zero-order valence-electron chi connectivity index (χ0n) is 20.8. The van der Waals surface area contributed by atoms with Gasteiger partial charge in [-0.2, -0.15) is 0 Å². The average Bonchev–Trinajstić information content (AvgIpc) is 2.96. The van der Waals surface area contributed by atoms with Crippen LogP contribution >= 0.6 is 0 Å². The Morgan fingerprint density at radius 3 is 1.54 bits per heavy atom. The quantitative estimate of drug-likeness (QED) is 0.217. The van der Waals surface area contributed by atoms with Crippen molar-refractivity contribution in [2.75, 3.05) is 6.61 Å². The van der Waals surface area contributed by atoms with Gasteiger partial charge in [0.15, 0.2) is 11.5 Å². The lowest BCUT2D eigenvalue weighted by molar-refractivity contribution is -0.128. The van der Waals surface area contributed by atoms with Gasteiger partial charge in [-0.05, 0) is 30.2 Å². The van der Waals surface area contributed by atoms with E-state index in [-0.39, 0.29) is 17.5 Å². The van der Waals surface area contributed by atoms with Gasteiger partial charge in [0.05, 0.1) is 6.61 Å². The van der Waals surface area contributed by atoms with Crippen LogP contribution in [0.3, 0.4) is 0 Å². The third-order valence-corrected chi connectivity index (χ3v) is 5.76. The SMILES string of the molecule is CCO/C(=C(/NC(=O)c1ccccc1)C(=O)N(Cc1ccccc1)Cc1ccccc1)c1ccccc1. The third kappa shape index (κ3) is 6.95. The fraction of sp³-hybridized carbons (Fsp3) is 0.125. The van der Waals surface area contributed by atoms with E-state index in [2.05, 4.69) is 5.32 Å². The minimum atomic E-state index is -0.378. The molecule has 4 aromatic carbocycles. The second-order valence-corrected chi connectivity index (χ2v) is 8.46. The molecule has 0 unspecified atom stereocenters. The van der Waals surface area contributed by atoms with Gasteiger partial charge in [0.25, 0.3) is 11.8 Å². The van der Waals surface area contributed by atoms with Crippen LogP contribution in [-0.2, 0) is 22.6 Å². The van der Waals surface area contributed by atoms with E-state index in [1.165, 1.54) is 0 Å². The lowest BCUT2D eigenvalue weighted by atomic mass is 10.1. The van der Waals surface area contributed by atoms with Crippen LogP contribution in [0.5, 0.6) is 0 Å². The molecule has 1 N–H and O–H groups in total. The Labute approximate surface area is 218 Å². The summed E-state index contributed by atoms with van der Waals surface area (Å²) in [4.78, 5) is 29.3. The highest BCUT2D eigenvalue weighted by atomic mass is 16.5. The van der Waals surface area contributed by atoms with E-state index >= 15 is 0 Å². The van der Waals surface area contributed by atoms with Crippen LogP contribution in [0, 0.1) is 0 Å². The first-order valence-electron chi connectivity index (χ1n) is 12.3. The maximum Gasteiger partial charge on any atom is 0.274 e. The first-order valence-corrected chi connectivity index (χ1v) is 12.3. The largest absolute Gasteiger partial charge is 0.491 e. The van der Waals surface area contributed by atoms with Gasteiger partial charge in [0, 0.05) is 24.2 Å². The molecule has 0 spiro atoms. The molecule has 5 nitrogen and oxygen atoms in total. The van der Waals surface area contributed by atoms with Crippen molar-refractivity contribution < 1.29 is 14.3 Å². The number of carbonyl (C=O) groups excluding carboxylic acids is 2. The van der Waals surface area contributed by atoms with Crippen LogP contribution in [0.25, 0.3) is 5.76 Å². The Balaban J connectivity index is 1.79. The number of nitrogens with zero attached hydrogens (tertiary/aromatic N) is 1. The molecule has 2 amide bonds. The number of ether oxygens (including phenoxy) is 1. The summed E-state index contributed by atoms with van der Waals surface area (Å²) in [6.07, 6.45) is 0. The van der Waals surface area contributed by atoms with Crippen molar-refractivity contribution in [3.8, 4) is 0 Å². The normalized spacial score (nSPS) is 11.3. The molecule has 4 aromatic rings. The molecule has 186 valence electrons. The lowest BCUT2D eigenvalue weighted by Gasteiger charge is -2.26. The highest BCUT2D eigenvalue weighted by molar-refractivity contribution is 6.06. The minimum Gasteiger partial charge on any atom is -0.491 e. The Morgan fingerprint density at radius 1 is 0.649 bits per heavy atom. The Bertz CT molecular complexity index is 1280.